The molecule has 1 fully saturated rings. The Labute approximate surface area is 106 Å². The minimum Gasteiger partial charge on any atom is -0.376 e. The molecule has 17 heavy (non-hydrogen) atoms. The molecule has 102 valence electrons. The van der Waals surface area contributed by atoms with E-state index >= 15 is 0 Å². The largest absolute Gasteiger partial charge is 0.376 e. The number of ether oxygens (including phenoxy) is 2. The van der Waals surface area contributed by atoms with Gasteiger partial charge in [0, 0.05) is 12.6 Å². The summed E-state index contributed by atoms with van der Waals surface area (Å²) < 4.78 is 11.0. The van der Waals surface area contributed by atoms with E-state index in [4.69, 9.17) is 9.47 Å². The van der Waals surface area contributed by atoms with Crippen molar-refractivity contribution in [2.45, 2.75) is 64.5 Å². The molecule has 1 rings (SSSR count). The SMILES string of the molecule is CCCCCCCC(C)NCC1COCCO1. The van der Waals surface area contributed by atoms with Crippen molar-refractivity contribution in [3.8, 4) is 0 Å². The summed E-state index contributed by atoms with van der Waals surface area (Å²) in [6.45, 7) is 7.70. The minimum atomic E-state index is 0.256. The predicted molar refractivity (Wildman–Crippen MR) is 71.4 cm³/mol. The molecular formula is C14H29NO2. The molecule has 1 aliphatic rings. The first-order valence-corrected chi connectivity index (χ1v) is 7.25. The van der Waals surface area contributed by atoms with Crippen LogP contribution in [-0.4, -0.2) is 38.5 Å². The van der Waals surface area contributed by atoms with Gasteiger partial charge in [-0.2, -0.15) is 0 Å². The summed E-state index contributed by atoms with van der Waals surface area (Å²) in [6, 6.07) is 0.599. The molecule has 0 aromatic heterocycles. The lowest BCUT2D eigenvalue weighted by Gasteiger charge is -2.25. The van der Waals surface area contributed by atoms with Crippen LogP contribution in [0.3, 0.4) is 0 Å². The summed E-state index contributed by atoms with van der Waals surface area (Å²) >= 11 is 0. The van der Waals surface area contributed by atoms with Crippen LogP contribution in [0.1, 0.15) is 52.4 Å². The molecule has 2 atom stereocenters. The lowest BCUT2D eigenvalue weighted by molar-refractivity contribution is -0.0870. The Hall–Kier alpha value is -0.120. The van der Waals surface area contributed by atoms with E-state index in [0.29, 0.717) is 6.04 Å². The molecule has 1 aliphatic heterocycles. The van der Waals surface area contributed by atoms with Crippen LogP contribution in [0.5, 0.6) is 0 Å². The van der Waals surface area contributed by atoms with E-state index < -0.39 is 0 Å². The first-order chi connectivity index (χ1) is 8.33. The molecule has 0 aromatic carbocycles. The van der Waals surface area contributed by atoms with Gasteiger partial charge in [-0.05, 0) is 13.3 Å². The van der Waals surface area contributed by atoms with Crippen molar-refractivity contribution in [1.29, 1.82) is 0 Å². The Balaban J connectivity index is 1.91. The Bertz CT molecular complexity index is 170. The van der Waals surface area contributed by atoms with Crippen LogP contribution in [0.4, 0.5) is 0 Å². The quantitative estimate of drug-likeness (QED) is 0.632. The van der Waals surface area contributed by atoms with Crippen LogP contribution in [0.25, 0.3) is 0 Å². The first kappa shape index (κ1) is 14.9. The third kappa shape index (κ3) is 7.74. The maximum atomic E-state index is 5.60. The zero-order chi connectivity index (χ0) is 12.3. The van der Waals surface area contributed by atoms with E-state index in [1.54, 1.807) is 0 Å². The van der Waals surface area contributed by atoms with Crippen molar-refractivity contribution in [3.63, 3.8) is 0 Å². The van der Waals surface area contributed by atoms with Gasteiger partial charge in [0.25, 0.3) is 0 Å². The highest BCUT2D eigenvalue weighted by atomic mass is 16.6. The minimum absolute atomic E-state index is 0.256. The zero-order valence-electron chi connectivity index (χ0n) is 11.5. The summed E-state index contributed by atoms with van der Waals surface area (Å²) in [7, 11) is 0. The lowest BCUT2D eigenvalue weighted by Crippen LogP contribution is -2.40. The molecule has 0 aromatic rings. The van der Waals surface area contributed by atoms with E-state index in [-0.39, 0.29) is 6.10 Å². The molecule has 0 aliphatic carbocycles. The summed E-state index contributed by atoms with van der Waals surface area (Å²) in [4.78, 5) is 0. The summed E-state index contributed by atoms with van der Waals surface area (Å²) in [5, 5.41) is 3.54. The van der Waals surface area contributed by atoms with E-state index in [9.17, 15) is 0 Å². The van der Waals surface area contributed by atoms with Crippen molar-refractivity contribution in [2.24, 2.45) is 0 Å². The highest BCUT2D eigenvalue weighted by molar-refractivity contribution is 4.68. The van der Waals surface area contributed by atoms with Crippen LogP contribution in [0.2, 0.25) is 0 Å². The zero-order valence-corrected chi connectivity index (χ0v) is 11.5. The van der Waals surface area contributed by atoms with Gasteiger partial charge in [-0.25, -0.2) is 0 Å². The van der Waals surface area contributed by atoms with E-state index in [0.717, 1.165) is 26.4 Å². The third-order valence-electron chi connectivity index (χ3n) is 3.32. The topological polar surface area (TPSA) is 30.5 Å². The normalized spacial score (nSPS) is 22.6. The molecule has 0 amide bonds. The van der Waals surface area contributed by atoms with E-state index in [1.807, 2.05) is 0 Å². The molecule has 1 N–H and O–H groups in total. The number of unbranched alkanes of at least 4 members (excludes halogenated alkanes) is 4. The average Bonchev–Trinajstić information content (AvgIpc) is 2.37. The predicted octanol–water partition coefficient (Wildman–Crippen LogP) is 2.74. The summed E-state index contributed by atoms with van der Waals surface area (Å²) in [5.41, 5.74) is 0. The fourth-order valence-electron chi connectivity index (χ4n) is 2.14. The second-order valence-electron chi connectivity index (χ2n) is 5.08. The summed E-state index contributed by atoms with van der Waals surface area (Å²) in [6.07, 6.45) is 8.35. The number of nitrogens with one attached hydrogen (secondary N) is 1. The van der Waals surface area contributed by atoms with E-state index in [1.165, 1.54) is 38.5 Å². The number of hydrogen-bond donors (Lipinski definition) is 1. The maximum Gasteiger partial charge on any atom is 0.0933 e. The summed E-state index contributed by atoms with van der Waals surface area (Å²) in [5.74, 6) is 0. The molecule has 1 saturated heterocycles. The Kier molecular flexibility index (Phi) is 8.67. The monoisotopic (exact) mass is 243 g/mol. The Morgan fingerprint density at radius 1 is 1.18 bits per heavy atom. The Morgan fingerprint density at radius 2 is 2.00 bits per heavy atom. The van der Waals surface area contributed by atoms with Gasteiger partial charge < -0.3 is 14.8 Å². The highest BCUT2D eigenvalue weighted by Crippen LogP contribution is 2.07. The van der Waals surface area contributed by atoms with Gasteiger partial charge in [-0.1, -0.05) is 39.0 Å². The molecule has 3 heteroatoms. The van der Waals surface area contributed by atoms with Crippen LogP contribution in [-0.2, 0) is 9.47 Å². The highest BCUT2D eigenvalue weighted by Gasteiger charge is 2.14. The van der Waals surface area contributed by atoms with Crippen LogP contribution in [0, 0.1) is 0 Å². The van der Waals surface area contributed by atoms with Gasteiger partial charge >= 0.3 is 0 Å². The maximum absolute atomic E-state index is 5.60. The molecule has 0 bridgehead atoms. The van der Waals surface area contributed by atoms with Gasteiger partial charge in [-0.15, -0.1) is 0 Å². The smallest absolute Gasteiger partial charge is 0.0933 e. The standard InChI is InChI=1S/C14H29NO2/c1-3-4-5-6-7-8-13(2)15-11-14-12-16-9-10-17-14/h13-15H,3-12H2,1-2H3. The second kappa shape index (κ2) is 9.86. The van der Waals surface area contributed by atoms with Crippen LogP contribution < -0.4 is 5.32 Å². The van der Waals surface area contributed by atoms with Crippen LogP contribution in [0.15, 0.2) is 0 Å². The second-order valence-corrected chi connectivity index (χ2v) is 5.08. The molecule has 0 saturated carbocycles. The number of hydrogen-bond acceptors (Lipinski definition) is 3. The van der Waals surface area contributed by atoms with Gasteiger partial charge in [0.05, 0.1) is 25.9 Å². The average molecular weight is 243 g/mol. The van der Waals surface area contributed by atoms with Crippen molar-refractivity contribution >= 4 is 0 Å². The van der Waals surface area contributed by atoms with Crippen molar-refractivity contribution in [2.75, 3.05) is 26.4 Å². The molecule has 1 heterocycles. The van der Waals surface area contributed by atoms with Crippen molar-refractivity contribution < 1.29 is 9.47 Å². The fourth-order valence-corrected chi connectivity index (χ4v) is 2.14. The molecule has 0 spiro atoms. The molecular weight excluding hydrogens is 214 g/mol. The molecule has 2 unspecified atom stereocenters. The molecule has 3 nitrogen and oxygen atoms in total. The van der Waals surface area contributed by atoms with Gasteiger partial charge in [0.15, 0.2) is 0 Å². The lowest BCUT2D eigenvalue weighted by atomic mass is 10.1. The van der Waals surface area contributed by atoms with Crippen molar-refractivity contribution in [1.82, 2.24) is 5.32 Å². The Morgan fingerprint density at radius 3 is 2.71 bits per heavy atom. The van der Waals surface area contributed by atoms with Gasteiger partial charge in [0.1, 0.15) is 0 Å². The third-order valence-corrected chi connectivity index (χ3v) is 3.32. The van der Waals surface area contributed by atoms with E-state index in [2.05, 4.69) is 19.2 Å². The van der Waals surface area contributed by atoms with Crippen LogP contribution >= 0.6 is 0 Å². The van der Waals surface area contributed by atoms with Gasteiger partial charge in [-0.3, -0.25) is 0 Å². The molecule has 0 radical (unpaired) electrons. The fraction of sp³-hybridized carbons (Fsp3) is 1.00. The van der Waals surface area contributed by atoms with Crippen molar-refractivity contribution in [3.05, 3.63) is 0 Å². The first-order valence-electron chi connectivity index (χ1n) is 7.25. The van der Waals surface area contributed by atoms with Gasteiger partial charge in [0.2, 0.25) is 0 Å². The number of rotatable bonds is 9.